The fourth-order valence-electron chi connectivity index (χ4n) is 13.0. The Kier molecular flexibility index (Phi) is 18.1. The number of amides is 2. The number of carboxylic acids is 6. The predicted octanol–water partition coefficient (Wildman–Crippen LogP) is 9.89. The molecule has 2 aliphatic heterocycles. The smallest absolute Gasteiger partial charge is 0.315 e. The second-order valence-electron chi connectivity index (χ2n) is 25.0. The van der Waals surface area contributed by atoms with Gasteiger partial charge in [-0.2, -0.15) is 0 Å². The van der Waals surface area contributed by atoms with E-state index in [0.29, 0.717) is 28.5 Å². The Balaban J connectivity index is 0.000000127. The number of nitrogens with one attached hydrogen (secondary N) is 2. The number of hydrogen-bond donors (Lipinski definition) is 9. The molecule has 10 N–H and O–H groups in total. The zero-order valence-electron chi connectivity index (χ0n) is 50.5. The summed E-state index contributed by atoms with van der Waals surface area (Å²) >= 11 is 0. The first-order valence-electron chi connectivity index (χ1n) is 29.7. The molecule has 0 aromatic heterocycles. The highest BCUT2D eigenvalue weighted by atomic mass is 16.4. The van der Waals surface area contributed by atoms with E-state index < -0.39 is 75.2 Å². The van der Waals surface area contributed by atoms with Gasteiger partial charge in [0.05, 0.1) is 29.1 Å². The van der Waals surface area contributed by atoms with Crippen molar-refractivity contribution in [3.63, 3.8) is 0 Å². The third kappa shape index (κ3) is 12.6. The van der Waals surface area contributed by atoms with E-state index in [1.54, 1.807) is 78.4 Å². The number of rotatable bonds is 12. The molecule has 0 bridgehead atoms. The first-order chi connectivity index (χ1) is 42.2. The van der Waals surface area contributed by atoms with Gasteiger partial charge < -0.3 is 41.7 Å². The average Bonchev–Trinajstić information content (AvgIpc) is 1.55. The quantitative estimate of drug-likeness (QED) is 0.0514. The second-order valence-corrected chi connectivity index (χ2v) is 25.0. The van der Waals surface area contributed by atoms with Crippen LogP contribution in [-0.4, -0.2) is 91.4 Å². The van der Waals surface area contributed by atoms with Crippen LogP contribution < -0.4 is 16.4 Å². The Hall–Kier alpha value is -9.32. The van der Waals surface area contributed by atoms with Crippen LogP contribution in [0.1, 0.15) is 106 Å². The molecule has 11 atom stereocenters. The maximum Gasteiger partial charge on any atom is 0.315 e. The molecule has 2 saturated heterocycles. The molecule has 17 heteroatoms. The van der Waals surface area contributed by atoms with Gasteiger partial charge >= 0.3 is 35.8 Å². The molecule has 462 valence electrons. The van der Waals surface area contributed by atoms with Crippen molar-refractivity contribution in [3.8, 4) is 0 Å². The van der Waals surface area contributed by atoms with Gasteiger partial charge in [-0.05, 0) is 130 Å². The van der Waals surface area contributed by atoms with E-state index in [2.05, 4.69) is 72.2 Å². The maximum atomic E-state index is 11.7. The fraction of sp³-hybridized carbons (Fsp3) is 0.333. The summed E-state index contributed by atoms with van der Waals surface area (Å²) in [7, 11) is 0. The molecule has 7 fully saturated rings. The minimum atomic E-state index is -1.21. The van der Waals surface area contributed by atoms with E-state index in [9.17, 15) is 53.7 Å². The highest BCUT2D eigenvalue weighted by Gasteiger charge is 2.70. The number of nitrogens with two attached hydrogens (primary N) is 1. The third-order valence-corrected chi connectivity index (χ3v) is 19.1. The topological polar surface area (TPSA) is 308 Å². The normalized spacial score (nSPS) is 27.4. The molecule has 14 rings (SSSR count). The lowest BCUT2D eigenvalue weighted by molar-refractivity contribution is -0.145. The van der Waals surface area contributed by atoms with Crippen LogP contribution in [0.4, 0.5) is 0 Å². The molecule has 5 aliphatic carbocycles. The van der Waals surface area contributed by atoms with Crippen LogP contribution in [0, 0.1) is 64.2 Å². The van der Waals surface area contributed by atoms with Crippen molar-refractivity contribution < 1.29 is 69.0 Å². The molecule has 7 aromatic carbocycles. The van der Waals surface area contributed by atoms with E-state index in [0.717, 1.165) is 33.7 Å². The number of carbonyl (C=O) groups excluding carboxylic acids is 2. The monoisotopic (exact) mass is 1210 g/mol. The molecule has 2 heterocycles. The molecule has 7 aliphatic rings. The highest BCUT2D eigenvalue weighted by Crippen LogP contribution is 2.59. The highest BCUT2D eigenvalue weighted by molar-refractivity contribution is 6.15. The van der Waals surface area contributed by atoms with Gasteiger partial charge in [-0.25, -0.2) is 0 Å². The standard InChI is InChI=1S/C12H11NO2.C12H15N.C12H13N.3C12H12O4/c1-7-2-4-8(5-3-7)12-6-9(12)10(14)13-11(12)15;1-9-2-4-10(5-3-9)12-6-11(12)7-13-8-12;1-9(13)11-8-4-6-10-5-2-3-7-12(10)11;3*1-7-2-4-8(5-3-7)12(11(15)16)6-9(12)10(13)14/h2-5,9H,6H2,1H3,(H,13,14,15);2-5,11,13H,6-8H2,1H3;2-9H,13H2,1H3;3*2-5,9H,6H2,1H3,(H,13,14)(H,15,16)/t9?,12-;11?,12-;9-;2*9?,12-;/m00000./s1. The van der Waals surface area contributed by atoms with E-state index in [1.165, 1.54) is 41.4 Å². The Labute approximate surface area is 516 Å². The first kappa shape index (κ1) is 64.2. The van der Waals surface area contributed by atoms with Gasteiger partial charge in [0.25, 0.3) is 0 Å². The lowest BCUT2D eigenvalue weighted by Gasteiger charge is -2.11. The summed E-state index contributed by atoms with van der Waals surface area (Å²) in [5.41, 5.74) is 13.4. The van der Waals surface area contributed by atoms with Crippen LogP contribution in [0.2, 0.25) is 0 Å². The van der Waals surface area contributed by atoms with Gasteiger partial charge in [0.2, 0.25) is 11.8 Å². The second kappa shape index (κ2) is 25.0. The first-order valence-corrected chi connectivity index (χ1v) is 29.7. The van der Waals surface area contributed by atoms with Crippen molar-refractivity contribution in [1.82, 2.24) is 10.6 Å². The third-order valence-electron chi connectivity index (χ3n) is 19.1. The van der Waals surface area contributed by atoms with Crippen LogP contribution >= 0.6 is 0 Å². The number of piperidine rings is 2. The lowest BCUT2D eigenvalue weighted by atomic mass is 9.92. The average molecular weight is 1210 g/mol. The Morgan fingerprint density at radius 2 is 0.820 bits per heavy atom. The minimum Gasteiger partial charge on any atom is -0.481 e. The Morgan fingerprint density at radius 1 is 0.461 bits per heavy atom. The van der Waals surface area contributed by atoms with Gasteiger partial charge in [-0.15, -0.1) is 0 Å². The summed E-state index contributed by atoms with van der Waals surface area (Å²) in [6, 6.07) is 52.7. The van der Waals surface area contributed by atoms with Crippen LogP contribution in [0.3, 0.4) is 0 Å². The number of aliphatic carboxylic acids is 6. The zero-order chi connectivity index (χ0) is 64.5. The summed E-state index contributed by atoms with van der Waals surface area (Å²) in [6.45, 7) is 14.3. The molecule has 0 radical (unpaired) electrons. The van der Waals surface area contributed by atoms with Crippen LogP contribution in [0.5, 0.6) is 0 Å². The Morgan fingerprint density at radius 3 is 1.11 bits per heavy atom. The van der Waals surface area contributed by atoms with Gasteiger partial charge in [-0.3, -0.25) is 43.7 Å². The number of hydrogen-bond acceptors (Lipinski definition) is 10. The molecule has 7 aromatic rings. The lowest BCUT2D eigenvalue weighted by Crippen LogP contribution is -2.30. The SMILES string of the molecule is C[C@H](N)c1cccc2ccccc12.Cc1ccc(C2(C(=O)O)CC2C(=O)O)cc1.Cc1ccc([C@@]2(C(=O)O)CC2C(=O)O)cc1.Cc1ccc([C@@]2(C(=O)O)CC2C(=O)O)cc1.Cc1ccc([C@@]23CC2C(=O)NC3=O)cc1.Cc1ccc([C@]23CNCC2C3)cc1. The van der Waals surface area contributed by atoms with E-state index in [4.69, 9.17) is 21.1 Å². The molecular formula is C72H75N3O14. The van der Waals surface area contributed by atoms with Crippen molar-refractivity contribution in [1.29, 1.82) is 0 Å². The number of carbonyl (C=O) groups is 8. The predicted molar refractivity (Wildman–Crippen MR) is 333 cm³/mol. The van der Waals surface area contributed by atoms with Crippen LogP contribution in [0.15, 0.2) is 164 Å². The molecule has 17 nitrogen and oxygen atoms in total. The molecule has 89 heavy (non-hydrogen) atoms. The summed E-state index contributed by atoms with van der Waals surface area (Å²) in [5, 5.41) is 62.6. The largest absolute Gasteiger partial charge is 0.481 e. The van der Waals surface area contributed by atoms with E-state index >= 15 is 0 Å². The van der Waals surface area contributed by atoms with Gasteiger partial charge in [-0.1, -0.05) is 192 Å². The number of benzene rings is 7. The van der Waals surface area contributed by atoms with Gasteiger partial charge in [0.1, 0.15) is 16.2 Å². The fourth-order valence-corrected chi connectivity index (χ4v) is 13.0. The Bertz CT molecular complexity index is 3650. The summed E-state index contributed by atoms with van der Waals surface area (Å²) in [5.74, 6) is -8.09. The number of imide groups is 1. The maximum absolute atomic E-state index is 11.7. The summed E-state index contributed by atoms with van der Waals surface area (Å²) in [6.07, 6.45) is 2.63. The summed E-state index contributed by atoms with van der Waals surface area (Å²) < 4.78 is 0. The van der Waals surface area contributed by atoms with Crippen molar-refractivity contribution in [2.75, 3.05) is 13.1 Å². The molecule has 6 unspecified atom stereocenters. The van der Waals surface area contributed by atoms with Crippen molar-refractivity contribution in [2.45, 2.75) is 107 Å². The van der Waals surface area contributed by atoms with Crippen molar-refractivity contribution in [3.05, 3.63) is 225 Å². The van der Waals surface area contributed by atoms with Crippen LogP contribution in [0.25, 0.3) is 10.8 Å². The zero-order valence-corrected chi connectivity index (χ0v) is 50.5. The van der Waals surface area contributed by atoms with Crippen molar-refractivity contribution in [2.24, 2.45) is 35.3 Å². The number of fused-ring (bicyclic) bond motifs is 3. The minimum absolute atomic E-state index is 0.103. The summed E-state index contributed by atoms with van der Waals surface area (Å²) in [4.78, 5) is 89.3. The number of carboxylic acid groups (broad SMARTS) is 6. The van der Waals surface area contributed by atoms with Crippen LogP contribution in [-0.2, 0) is 65.4 Å². The molecule has 2 amide bonds. The van der Waals surface area contributed by atoms with Gasteiger partial charge in [0.15, 0.2) is 0 Å². The molecule has 0 spiro atoms. The van der Waals surface area contributed by atoms with Gasteiger partial charge in [0, 0.05) is 18.0 Å². The van der Waals surface area contributed by atoms with E-state index in [1.807, 2.05) is 71.0 Å². The van der Waals surface area contributed by atoms with Crippen molar-refractivity contribution >= 4 is 58.4 Å². The number of aryl methyl sites for hydroxylation is 5. The van der Waals surface area contributed by atoms with E-state index in [-0.39, 0.29) is 43.0 Å². The molecular weight excluding hydrogens is 1130 g/mol. The molecule has 5 saturated carbocycles.